The van der Waals surface area contributed by atoms with Crippen LogP contribution in [0.3, 0.4) is 0 Å². The van der Waals surface area contributed by atoms with E-state index in [1.165, 1.54) is 9.80 Å². The van der Waals surface area contributed by atoms with E-state index in [0.29, 0.717) is 18.5 Å². The number of likely N-dealkylation sites (N-methyl/N-ethyl adjacent to an activating group) is 1. The Balaban J connectivity index is 1.39. The number of carbonyl (C=O) groups excluding carboxylic acids is 2. The van der Waals surface area contributed by atoms with Gasteiger partial charge < -0.3 is 19.5 Å². The Kier molecular flexibility index (Phi) is 5.95. The highest BCUT2D eigenvalue weighted by molar-refractivity contribution is 5.97. The Bertz CT molecular complexity index is 1160. The summed E-state index contributed by atoms with van der Waals surface area (Å²) in [5.74, 6) is -0.536. The van der Waals surface area contributed by atoms with Gasteiger partial charge in [0.05, 0.1) is 12.6 Å². The molecule has 1 aliphatic heterocycles. The maximum atomic E-state index is 13.0. The number of hydrogen-bond acceptors (Lipinski definition) is 5. The average Bonchev–Trinajstić information content (AvgIpc) is 3.43. The standard InChI is InChI=1S/C25H24N4O3/c1-17(27-20-9-4-3-5-10-20)19-12-21(14-26)29(15-19)24(30)16-28(2)25(31)23-13-18-8-6-7-11-22(18)32-23/h3-11,13,19,21,27H,1,12,15-16H2,2H3. The minimum Gasteiger partial charge on any atom is -0.451 e. The first kappa shape index (κ1) is 21.2. The molecular weight excluding hydrogens is 404 g/mol. The van der Waals surface area contributed by atoms with Gasteiger partial charge in [0.15, 0.2) is 5.76 Å². The van der Waals surface area contributed by atoms with E-state index in [2.05, 4.69) is 18.0 Å². The van der Waals surface area contributed by atoms with E-state index < -0.39 is 6.04 Å². The van der Waals surface area contributed by atoms with Crippen molar-refractivity contribution in [1.29, 1.82) is 5.26 Å². The van der Waals surface area contributed by atoms with Crippen molar-refractivity contribution in [2.75, 3.05) is 25.5 Å². The molecule has 32 heavy (non-hydrogen) atoms. The lowest BCUT2D eigenvalue weighted by Crippen LogP contribution is -2.43. The van der Waals surface area contributed by atoms with E-state index in [1.54, 1.807) is 19.2 Å². The zero-order valence-corrected chi connectivity index (χ0v) is 17.8. The quantitative estimate of drug-likeness (QED) is 0.644. The van der Waals surface area contributed by atoms with Gasteiger partial charge in [-0.1, -0.05) is 43.0 Å². The van der Waals surface area contributed by atoms with Crippen LogP contribution in [0, 0.1) is 17.2 Å². The monoisotopic (exact) mass is 428 g/mol. The summed E-state index contributed by atoms with van der Waals surface area (Å²) in [6.45, 7) is 4.35. The van der Waals surface area contributed by atoms with Crippen LogP contribution < -0.4 is 5.32 Å². The molecule has 7 heteroatoms. The largest absolute Gasteiger partial charge is 0.451 e. The van der Waals surface area contributed by atoms with Crippen LogP contribution in [-0.4, -0.2) is 47.8 Å². The summed E-state index contributed by atoms with van der Waals surface area (Å²) in [5, 5.41) is 13.7. The van der Waals surface area contributed by atoms with Crippen LogP contribution in [0.15, 0.2) is 77.4 Å². The van der Waals surface area contributed by atoms with Crippen molar-refractivity contribution in [1.82, 2.24) is 9.80 Å². The summed E-state index contributed by atoms with van der Waals surface area (Å²) >= 11 is 0. The van der Waals surface area contributed by atoms with Crippen LogP contribution in [0.2, 0.25) is 0 Å². The zero-order valence-electron chi connectivity index (χ0n) is 17.8. The van der Waals surface area contributed by atoms with Crippen LogP contribution >= 0.6 is 0 Å². The molecule has 3 aromatic rings. The molecule has 0 aliphatic carbocycles. The van der Waals surface area contributed by atoms with E-state index in [-0.39, 0.29) is 30.0 Å². The molecule has 0 spiro atoms. The van der Waals surface area contributed by atoms with Gasteiger partial charge in [-0.15, -0.1) is 0 Å². The van der Waals surface area contributed by atoms with Gasteiger partial charge >= 0.3 is 0 Å². The van der Waals surface area contributed by atoms with E-state index in [4.69, 9.17) is 4.42 Å². The minimum absolute atomic E-state index is 0.0554. The number of nitrogens with one attached hydrogen (secondary N) is 1. The van der Waals surface area contributed by atoms with Gasteiger partial charge in [-0.2, -0.15) is 5.26 Å². The lowest BCUT2D eigenvalue weighted by atomic mass is 10.0. The summed E-state index contributed by atoms with van der Waals surface area (Å²) in [7, 11) is 1.55. The molecule has 1 fully saturated rings. The lowest BCUT2D eigenvalue weighted by Gasteiger charge is -2.23. The highest BCUT2D eigenvalue weighted by Crippen LogP contribution is 2.29. The van der Waals surface area contributed by atoms with Gasteiger partial charge in [0, 0.05) is 36.3 Å². The van der Waals surface area contributed by atoms with Crippen LogP contribution in [0.1, 0.15) is 17.0 Å². The summed E-state index contributed by atoms with van der Waals surface area (Å²) in [4.78, 5) is 28.6. The molecule has 2 heterocycles. The molecule has 2 aromatic carbocycles. The number of furan rings is 1. The van der Waals surface area contributed by atoms with Crippen LogP contribution in [0.4, 0.5) is 5.69 Å². The van der Waals surface area contributed by atoms with Crippen molar-refractivity contribution in [3.05, 3.63) is 78.7 Å². The molecule has 2 atom stereocenters. The van der Waals surface area contributed by atoms with E-state index >= 15 is 0 Å². The number of hydrogen-bond donors (Lipinski definition) is 1. The Morgan fingerprint density at radius 3 is 2.66 bits per heavy atom. The smallest absolute Gasteiger partial charge is 0.289 e. The van der Waals surface area contributed by atoms with Gasteiger partial charge in [-0.25, -0.2) is 0 Å². The van der Waals surface area contributed by atoms with Gasteiger partial charge in [0.1, 0.15) is 11.6 Å². The Labute approximate surface area is 186 Å². The first-order valence-corrected chi connectivity index (χ1v) is 10.4. The Morgan fingerprint density at radius 2 is 1.94 bits per heavy atom. The number of amides is 2. The third kappa shape index (κ3) is 4.35. The number of likely N-dealkylation sites (tertiary alicyclic amines) is 1. The predicted octanol–water partition coefficient (Wildman–Crippen LogP) is 3.87. The molecule has 4 rings (SSSR count). The summed E-state index contributed by atoms with van der Waals surface area (Å²) in [5.41, 5.74) is 2.29. The second kappa shape index (κ2) is 8.98. The summed E-state index contributed by atoms with van der Waals surface area (Å²) in [6, 6.07) is 20.3. The fourth-order valence-corrected chi connectivity index (χ4v) is 3.94. The van der Waals surface area contributed by atoms with Crippen molar-refractivity contribution in [3.63, 3.8) is 0 Å². The Morgan fingerprint density at radius 1 is 1.22 bits per heavy atom. The third-order valence-electron chi connectivity index (χ3n) is 5.70. The predicted molar refractivity (Wildman–Crippen MR) is 122 cm³/mol. The first-order chi connectivity index (χ1) is 15.5. The molecule has 0 saturated carbocycles. The lowest BCUT2D eigenvalue weighted by molar-refractivity contribution is -0.131. The van der Waals surface area contributed by atoms with Gasteiger partial charge in [-0.05, 0) is 30.7 Å². The maximum absolute atomic E-state index is 13.0. The van der Waals surface area contributed by atoms with Crippen molar-refractivity contribution >= 4 is 28.5 Å². The number of rotatable bonds is 6. The SMILES string of the molecule is C=C(Nc1ccccc1)C1CC(C#N)N(C(=O)CN(C)C(=O)c2cc3ccccc3o2)C1. The molecule has 1 N–H and O–H groups in total. The first-order valence-electron chi connectivity index (χ1n) is 10.4. The number of benzene rings is 2. The number of para-hydroxylation sites is 2. The molecule has 1 aliphatic rings. The van der Waals surface area contributed by atoms with Gasteiger partial charge in [-0.3, -0.25) is 9.59 Å². The number of nitriles is 1. The topological polar surface area (TPSA) is 89.6 Å². The minimum atomic E-state index is -0.559. The normalized spacial score (nSPS) is 17.7. The molecule has 162 valence electrons. The fraction of sp³-hybridized carbons (Fsp3) is 0.240. The molecule has 2 unspecified atom stereocenters. The average molecular weight is 428 g/mol. The van der Waals surface area contributed by atoms with Crippen LogP contribution in [0.5, 0.6) is 0 Å². The fourth-order valence-electron chi connectivity index (χ4n) is 3.94. The molecule has 7 nitrogen and oxygen atoms in total. The molecule has 1 aromatic heterocycles. The van der Waals surface area contributed by atoms with Crippen LogP contribution in [-0.2, 0) is 4.79 Å². The van der Waals surface area contributed by atoms with Gasteiger partial charge in [0.2, 0.25) is 5.91 Å². The zero-order chi connectivity index (χ0) is 22.7. The second-order valence-electron chi connectivity index (χ2n) is 7.95. The van der Waals surface area contributed by atoms with Crippen molar-refractivity contribution in [2.45, 2.75) is 12.5 Å². The number of anilines is 1. The molecule has 1 saturated heterocycles. The second-order valence-corrected chi connectivity index (χ2v) is 7.95. The summed E-state index contributed by atoms with van der Waals surface area (Å²) < 4.78 is 5.62. The van der Waals surface area contributed by atoms with E-state index in [1.807, 2.05) is 48.5 Å². The number of carbonyl (C=O) groups is 2. The molecular formula is C25H24N4O3. The number of nitrogens with zero attached hydrogens (tertiary/aromatic N) is 3. The van der Waals surface area contributed by atoms with Gasteiger partial charge in [0.25, 0.3) is 5.91 Å². The number of fused-ring (bicyclic) bond motifs is 1. The van der Waals surface area contributed by atoms with E-state index in [0.717, 1.165) is 16.8 Å². The van der Waals surface area contributed by atoms with Crippen molar-refractivity contribution in [3.8, 4) is 6.07 Å². The van der Waals surface area contributed by atoms with Crippen molar-refractivity contribution in [2.24, 2.45) is 5.92 Å². The van der Waals surface area contributed by atoms with E-state index in [9.17, 15) is 14.9 Å². The summed E-state index contributed by atoms with van der Waals surface area (Å²) in [6.07, 6.45) is 0.502. The highest BCUT2D eigenvalue weighted by Gasteiger charge is 2.37. The maximum Gasteiger partial charge on any atom is 0.289 e. The highest BCUT2D eigenvalue weighted by atomic mass is 16.3. The third-order valence-corrected chi connectivity index (χ3v) is 5.70. The van der Waals surface area contributed by atoms with Crippen molar-refractivity contribution < 1.29 is 14.0 Å². The molecule has 0 radical (unpaired) electrons. The molecule has 0 bridgehead atoms. The Hall–Kier alpha value is -4.05. The van der Waals surface area contributed by atoms with Crippen LogP contribution in [0.25, 0.3) is 11.0 Å². The molecule has 2 amide bonds.